The smallest absolute Gasteiger partial charge is 0.254 e. The lowest BCUT2D eigenvalue weighted by atomic mass is 9.85. The quantitative estimate of drug-likeness (QED) is 0.481. The first-order valence-corrected chi connectivity index (χ1v) is 7.96. The van der Waals surface area contributed by atoms with E-state index in [0.29, 0.717) is 11.5 Å². The van der Waals surface area contributed by atoms with Crippen molar-refractivity contribution < 1.29 is 19.1 Å². The Kier molecular flexibility index (Phi) is 3.40. The molecule has 4 rings (SSSR count). The van der Waals surface area contributed by atoms with Gasteiger partial charge in [-0.1, -0.05) is 12.2 Å². The van der Waals surface area contributed by atoms with Crippen molar-refractivity contribution in [1.82, 2.24) is 5.01 Å². The van der Waals surface area contributed by atoms with Gasteiger partial charge < -0.3 is 9.47 Å². The number of methoxy groups -OCH3 is 2. The predicted octanol–water partition coefficient (Wildman–Crippen LogP) is 1.84. The maximum absolute atomic E-state index is 12.5. The highest BCUT2D eigenvalue weighted by molar-refractivity contribution is 6.06. The summed E-state index contributed by atoms with van der Waals surface area (Å²) in [4.78, 5) is 25.1. The number of hydrazone groups is 1. The maximum atomic E-state index is 12.5. The monoisotopic (exact) mass is 326 g/mol. The Morgan fingerprint density at radius 3 is 2.25 bits per heavy atom. The number of hydrogen-bond donors (Lipinski definition) is 0. The number of carbonyl (C=O) groups is 2. The predicted molar refractivity (Wildman–Crippen MR) is 86.7 cm³/mol. The standard InChI is InChI=1S/C18H18N2O4/c1-23-13-6-3-10(7-14(13)24-2)9-19-20-17(21)15-11-4-5-12(8-11)16(15)18(20)22/h3-7,9,11-12,15-16H,8H2,1-2H3/b19-9-/t11-,12-,15-,16+/m0/s1. The molecule has 0 N–H and O–H groups in total. The van der Waals surface area contributed by atoms with Crippen LogP contribution in [-0.2, 0) is 9.59 Å². The Balaban J connectivity index is 1.57. The number of hydrogen-bond acceptors (Lipinski definition) is 5. The minimum atomic E-state index is -0.227. The zero-order chi connectivity index (χ0) is 16.8. The van der Waals surface area contributed by atoms with Gasteiger partial charge in [0, 0.05) is 0 Å². The minimum absolute atomic E-state index is 0.182. The van der Waals surface area contributed by atoms with E-state index in [1.54, 1.807) is 32.4 Å². The van der Waals surface area contributed by atoms with Crippen LogP contribution in [-0.4, -0.2) is 37.3 Å². The van der Waals surface area contributed by atoms with Crippen LogP contribution in [0.15, 0.2) is 35.5 Å². The molecule has 6 heteroatoms. The first kappa shape index (κ1) is 14.9. The topological polar surface area (TPSA) is 68.2 Å². The van der Waals surface area contributed by atoms with E-state index in [1.807, 2.05) is 0 Å². The van der Waals surface area contributed by atoms with Gasteiger partial charge in [-0.15, -0.1) is 0 Å². The highest BCUT2D eigenvalue weighted by Gasteiger charge is 2.59. The number of amides is 2. The number of nitrogens with zero attached hydrogens (tertiary/aromatic N) is 2. The average molecular weight is 326 g/mol. The van der Waals surface area contributed by atoms with Gasteiger partial charge in [0.1, 0.15) is 0 Å². The number of carbonyl (C=O) groups excluding carboxylic acids is 2. The normalized spacial score (nSPS) is 30.5. The van der Waals surface area contributed by atoms with E-state index in [0.717, 1.165) is 17.0 Å². The van der Waals surface area contributed by atoms with Gasteiger partial charge in [0.15, 0.2) is 11.5 Å². The van der Waals surface area contributed by atoms with Gasteiger partial charge in [-0.05, 0) is 42.0 Å². The molecule has 0 aromatic heterocycles. The molecule has 0 unspecified atom stereocenters. The molecule has 1 aromatic carbocycles. The highest BCUT2D eigenvalue weighted by Crippen LogP contribution is 2.52. The molecule has 2 aliphatic carbocycles. The number of fused-ring (bicyclic) bond motifs is 5. The van der Waals surface area contributed by atoms with Crippen molar-refractivity contribution in [3.63, 3.8) is 0 Å². The molecule has 2 fully saturated rings. The molecule has 24 heavy (non-hydrogen) atoms. The summed E-state index contributed by atoms with van der Waals surface area (Å²) < 4.78 is 10.4. The summed E-state index contributed by atoms with van der Waals surface area (Å²) in [7, 11) is 3.12. The summed E-state index contributed by atoms with van der Waals surface area (Å²) in [6, 6.07) is 5.30. The molecule has 1 aliphatic heterocycles. The summed E-state index contributed by atoms with van der Waals surface area (Å²) in [5, 5.41) is 5.19. The fourth-order valence-corrected chi connectivity index (χ4v) is 4.06. The van der Waals surface area contributed by atoms with Crippen LogP contribution in [0.5, 0.6) is 11.5 Å². The van der Waals surface area contributed by atoms with Crippen LogP contribution in [0.1, 0.15) is 12.0 Å². The van der Waals surface area contributed by atoms with Crippen molar-refractivity contribution in [3.8, 4) is 11.5 Å². The van der Waals surface area contributed by atoms with E-state index >= 15 is 0 Å². The summed E-state index contributed by atoms with van der Waals surface area (Å²) in [6.07, 6.45) is 6.56. The molecule has 0 radical (unpaired) electrons. The van der Waals surface area contributed by atoms with Crippen molar-refractivity contribution in [2.24, 2.45) is 28.8 Å². The lowest BCUT2D eigenvalue weighted by molar-refractivity contribution is -0.140. The SMILES string of the molecule is COc1ccc(/C=N\N2C(=O)[C@@H]3[C@H](C2=O)[C@H]2C=C[C@H]3C2)cc1OC. The fourth-order valence-electron chi connectivity index (χ4n) is 4.06. The highest BCUT2D eigenvalue weighted by atomic mass is 16.5. The molecule has 1 aromatic rings. The molecule has 1 heterocycles. The van der Waals surface area contributed by atoms with Gasteiger partial charge in [-0.25, -0.2) is 0 Å². The first-order valence-electron chi connectivity index (χ1n) is 7.96. The Bertz CT molecular complexity index is 740. The van der Waals surface area contributed by atoms with Crippen LogP contribution >= 0.6 is 0 Å². The molecule has 1 saturated heterocycles. The van der Waals surface area contributed by atoms with E-state index in [2.05, 4.69) is 17.3 Å². The van der Waals surface area contributed by atoms with Gasteiger partial charge in [-0.2, -0.15) is 10.1 Å². The molecule has 6 nitrogen and oxygen atoms in total. The molecular weight excluding hydrogens is 308 g/mol. The Morgan fingerprint density at radius 2 is 1.67 bits per heavy atom. The van der Waals surface area contributed by atoms with E-state index in [1.165, 1.54) is 6.21 Å². The lowest BCUT2D eigenvalue weighted by Gasteiger charge is -2.13. The van der Waals surface area contributed by atoms with Crippen LogP contribution in [0.25, 0.3) is 0 Å². The third kappa shape index (κ3) is 2.06. The average Bonchev–Trinajstić information content (AvgIpc) is 3.27. The minimum Gasteiger partial charge on any atom is -0.493 e. The molecule has 0 spiro atoms. The number of benzene rings is 1. The third-order valence-electron chi connectivity index (χ3n) is 5.18. The van der Waals surface area contributed by atoms with Crippen molar-refractivity contribution in [2.45, 2.75) is 6.42 Å². The van der Waals surface area contributed by atoms with E-state index in [-0.39, 0.29) is 35.5 Å². The van der Waals surface area contributed by atoms with Crippen molar-refractivity contribution in [3.05, 3.63) is 35.9 Å². The van der Waals surface area contributed by atoms with E-state index < -0.39 is 0 Å². The van der Waals surface area contributed by atoms with Gasteiger partial charge in [0.2, 0.25) is 0 Å². The number of imide groups is 1. The summed E-state index contributed by atoms with van der Waals surface area (Å²) in [6.45, 7) is 0. The van der Waals surface area contributed by atoms with Crippen molar-refractivity contribution in [1.29, 1.82) is 0 Å². The second-order valence-corrected chi connectivity index (χ2v) is 6.35. The lowest BCUT2D eigenvalue weighted by Crippen LogP contribution is -2.28. The van der Waals surface area contributed by atoms with Crippen LogP contribution in [0.2, 0.25) is 0 Å². The summed E-state index contributed by atoms with van der Waals surface area (Å²) >= 11 is 0. The Morgan fingerprint density at radius 1 is 1.04 bits per heavy atom. The fraction of sp³-hybridized carbons (Fsp3) is 0.389. The van der Waals surface area contributed by atoms with E-state index in [9.17, 15) is 9.59 Å². The Labute approximate surface area is 139 Å². The largest absolute Gasteiger partial charge is 0.493 e. The zero-order valence-corrected chi connectivity index (χ0v) is 13.5. The zero-order valence-electron chi connectivity index (χ0n) is 13.5. The second-order valence-electron chi connectivity index (χ2n) is 6.35. The molecule has 2 amide bonds. The number of ether oxygens (including phenoxy) is 2. The second kappa shape index (κ2) is 5.47. The number of allylic oxidation sites excluding steroid dienone is 2. The summed E-state index contributed by atoms with van der Waals surface area (Å²) in [5.41, 5.74) is 0.728. The molecular formula is C18H18N2O4. The van der Waals surface area contributed by atoms with Gasteiger partial charge >= 0.3 is 0 Å². The third-order valence-corrected chi connectivity index (χ3v) is 5.18. The van der Waals surface area contributed by atoms with E-state index in [4.69, 9.17) is 9.47 Å². The van der Waals surface area contributed by atoms with Crippen molar-refractivity contribution in [2.75, 3.05) is 14.2 Å². The van der Waals surface area contributed by atoms with Gasteiger partial charge in [0.25, 0.3) is 11.8 Å². The first-order chi connectivity index (χ1) is 11.6. The summed E-state index contributed by atoms with van der Waals surface area (Å²) in [5.74, 6) is 0.748. The number of rotatable bonds is 4. The van der Waals surface area contributed by atoms with Crippen LogP contribution < -0.4 is 9.47 Å². The van der Waals surface area contributed by atoms with Gasteiger partial charge in [-0.3, -0.25) is 9.59 Å². The molecule has 124 valence electrons. The Hall–Kier alpha value is -2.63. The van der Waals surface area contributed by atoms with Crippen LogP contribution in [0.4, 0.5) is 0 Å². The van der Waals surface area contributed by atoms with Crippen LogP contribution in [0, 0.1) is 23.7 Å². The van der Waals surface area contributed by atoms with Crippen LogP contribution in [0.3, 0.4) is 0 Å². The molecule has 3 aliphatic rings. The van der Waals surface area contributed by atoms with Crippen molar-refractivity contribution >= 4 is 18.0 Å². The molecule has 4 atom stereocenters. The van der Waals surface area contributed by atoms with Gasteiger partial charge in [0.05, 0.1) is 32.3 Å². The molecule has 1 saturated carbocycles. The maximum Gasteiger partial charge on any atom is 0.254 e. The molecule has 2 bridgehead atoms.